The monoisotopic (exact) mass is 574 g/mol. The Bertz CT molecular complexity index is 1590. The zero-order valence-corrected chi connectivity index (χ0v) is 24.4. The SMILES string of the molecule is C[C@@H](c1ccccc1)N(Cc1ccccc1)C(=O)CN(CCc1ccccc1)C(=O)c1ccc(-c2csc(N)n2)cc1. The second-order valence-corrected chi connectivity index (χ2v) is 11.1. The molecule has 5 rings (SSSR count). The molecule has 0 spiro atoms. The lowest BCUT2D eigenvalue weighted by atomic mass is 10.1. The molecule has 42 heavy (non-hydrogen) atoms. The molecule has 4 aromatic carbocycles. The summed E-state index contributed by atoms with van der Waals surface area (Å²) >= 11 is 1.38. The average Bonchev–Trinajstić information content (AvgIpc) is 3.48. The minimum absolute atomic E-state index is 0.0277. The molecule has 0 aliphatic carbocycles. The maximum atomic E-state index is 14.1. The highest BCUT2D eigenvalue weighted by atomic mass is 32.1. The Morgan fingerprint density at radius 3 is 2.00 bits per heavy atom. The lowest BCUT2D eigenvalue weighted by Crippen LogP contribution is -2.44. The fraction of sp³-hybridized carbons (Fsp3) is 0.171. The third kappa shape index (κ3) is 7.30. The van der Waals surface area contributed by atoms with Crippen molar-refractivity contribution < 1.29 is 9.59 Å². The van der Waals surface area contributed by atoms with Crippen LogP contribution in [0, 0.1) is 0 Å². The molecule has 1 atom stereocenters. The van der Waals surface area contributed by atoms with E-state index in [1.807, 2.05) is 120 Å². The van der Waals surface area contributed by atoms with E-state index in [1.54, 1.807) is 17.0 Å². The van der Waals surface area contributed by atoms with Crippen LogP contribution in [0.3, 0.4) is 0 Å². The zero-order chi connectivity index (χ0) is 29.3. The fourth-order valence-electron chi connectivity index (χ4n) is 4.93. The van der Waals surface area contributed by atoms with Crippen molar-refractivity contribution in [3.05, 3.63) is 143 Å². The molecule has 0 bridgehead atoms. The van der Waals surface area contributed by atoms with Crippen LogP contribution in [0.25, 0.3) is 11.3 Å². The van der Waals surface area contributed by atoms with Crippen LogP contribution in [0.4, 0.5) is 5.13 Å². The van der Waals surface area contributed by atoms with Gasteiger partial charge in [-0.05, 0) is 42.2 Å². The summed E-state index contributed by atoms with van der Waals surface area (Å²) in [5, 5.41) is 2.40. The molecule has 0 aliphatic rings. The summed E-state index contributed by atoms with van der Waals surface area (Å²) < 4.78 is 0. The number of benzene rings is 4. The molecule has 0 saturated heterocycles. The largest absolute Gasteiger partial charge is 0.375 e. The van der Waals surface area contributed by atoms with Crippen LogP contribution in [-0.2, 0) is 17.8 Å². The number of nitrogens with two attached hydrogens (primary N) is 1. The van der Waals surface area contributed by atoms with Crippen LogP contribution in [-0.4, -0.2) is 39.7 Å². The highest BCUT2D eigenvalue weighted by Gasteiger charge is 2.26. The third-order valence-electron chi connectivity index (χ3n) is 7.34. The van der Waals surface area contributed by atoms with Gasteiger partial charge in [0.1, 0.15) is 6.54 Å². The maximum absolute atomic E-state index is 14.1. The molecule has 1 aromatic heterocycles. The van der Waals surface area contributed by atoms with Gasteiger partial charge in [0, 0.05) is 29.6 Å². The Kier molecular flexibility index (Phi) is 9.41. The first kappa shape index (κ1) is 28.8. The molecule has 5 aromatic rings. The van der Waals surface area contributed by atoms with Crippen molar-refractivity contribution in [2.24, 2.45) is 0 Å². The standard InChI is InChI=1S/C35H34N4O2S/c1-26(29-15-9-4-10-16-29)39(23-28-13-7-3-8-14-28)33(40)24-38(22-21-27-11-5-2-6-12-27)34(41)31-19-17-30(18-20-31)32-25-42-35(36)37-32/h2-20,25-26H,21-24H2,1H3,(H2,36,37)/t26-/m0/s1. The number of anilines is 1. The smallest absolute Gasteiger partial charge is 0.254 e. The Morgan fingerprint density at radius 2 is 1.40 bits per heavy atom. The molecular formula is C35H34N4O2S. The predicted octanol–water partition coefficient (Wildman–Crippen LogP) is 6.87. The van der Waals surface area contributed by atoms with Crippen molar-refractivity contribution in [3.8, 4) is 11.3 Å². The van der Waals surface area contributed by atoms with Crippen LogP contribution in [0.5, 0.6) is 0 Å². The normalized spacial score (nSPS) is 11.5. The lowest BCUT2D eigenvalue weighted by Gasteiger charge is -2.32. The lowest BCUT2D eigenvalue weighted by molar-refractivity contribution is -0.134. The van der Waals surface area contributed by atoms with Gasteiger partial charge in [-0.3, -0.25) is 9.59 Å². The van der Waals surface area contributed by atoms with E-state index in [9.17, 15) is 9.59 Å². The van der Waals surface area contributed by atoms with E-state index >= 15 is 0 Å². The molecule has 0 saturated carbocycles. The number of amides is 2. The number of nitrogen functional groups attached to an aromatic ring is 1. The second kappa shape index (κ2) is 13.7. The first-order chi connectivity index (χ1) is 20.5. The van der Waals surface area contributed by atoms with Crippen LogP contribution in [0.2, 0.25) is 0 Å². The van der Waals surface area contributed by atoms with Crippen molar-refractivity contribution in [3.63, 3.8) is 0 Å². The number of carbonyl (C=O) groups excluding carboxylic acids is 2. The predicted molar refractivity (Wildman–Crippen MR) is 170 cm³/mol. The minimum atomic E-state index is -0.185. The van der Waals surface area contributed by atoms with Gasteiger partial charge < -0.3 is 15.5 Å². The van der Waals surface area contributed by atoms with Crippen molar-refractivity contribution in [2.75, 3.05) is 18.8 Å². The van der Waals surface area contributed by atoms with E-state index < -0.39 is 0 Å². The Morgan fingerprint density at radius 1 is 0.810 bits per heavy atom. The van der Waals surface area contributed by atoms with Gasteiger partial charge in [0.2, 0.25) is 5.91 Å². The van der Waals surface area contributed by atoms with Crippen LogP contribution < -0.4 is 5.73 Å². The van der Waals surface area contributed by atoms with E-state index in [-0.39, 0.29) is 24.4 Å². The fourth-order valence-corrected chi connectivity index (χ4v) is 5.51. The van der Waals surface area contributed by atoms with E-state index in [0.717, 1.165) is 27.9 Å². The molecule has 2 N–H and O–H groups in total. The van der Waals surface area contributed by atoms with E-state index in [0.29, 0.717) is 30.2 Å². The van der Waals surface area contributed by atoms with E-state index in [1.165, 1.54) is 11.3 Å². The molecule has 0 radical (unpaired) electrons. The van der Waals surface area contributed by atoms with Gasteiger partial charge in [-0.15, -0.1) is 11.3 Å². The number of nitrogens with zero attached hydrogens (tertiary/aromatic N) is 3. The van der Waals surface area contributed by atoms with Gasteiger partial charge in [0.25, 0.3) is 5.91 Å². The van der Waals surface area contributed by atoms with Crippen LogP contribution >= 0.6 is 11.3 Å². The molecule has 1 heterocycles. The van der Waals surface area contributed by atoms with E-state index in [2.05, 4.69) is 4.98 Å². The number of hydrogen-bond donors (Lipinski definition) is 1. The summed E-state index contributed by atoms with van der Waals surface area (Å²) in [6.07, 6.45) is 0.642. The maximum Gasteiger partial charge on any atom is 0.254 e. The highest BCUT2D eigenvalue weighted by Crippen LogP contribution is 2.25. The summed E-state index contributed by atoms with van der Waals surface area (Å²) in [5.74, 6) is -0.290. The molecule has 0 unspecified atom stereocenters. The zero-order valence-electron chi connectivity index (χ0n) is 23.6. The van der Waals surface area contributed by atoms with Gasteiger partial charge in [0.15, 0.2) is 5.13 Å². The first-order valence-electron chi connectivity index (χ1n) is 14.0. The summed E-state index contributed by atoms with van der Waals surface area (Å²) in [6.45, 7) is 2.87. The summed E-state index contributed by atoms with van der Waals surface area (Å²) in [4.78, 5) is 35.8. The van der Waals surface area contributed by atoms with Crippen molar-refractivity contribution in [1.82, 2.24) is 14.8 Å². The van der Waals surface area contributed by atoms with Gasteiger partial charge in [0.05, 0.1) is 11.7 Å². The van der Waals surface area contributed by atoms with Crippen LogP contribution in [0.15, 0.2) is 121 Å². The Labute approximate surface area is 251 Å². The Balaban J connectivity index is 1.40. The van der Waals surface area contributed by atoms with Gasteiger partial charge >= 0.3 is 0 Å². The van der Waals surface area contributed by atoms with Gasteiger partial charge in [-0.1, -0.05) is 103 Å². The summed E-state index contributed by atoms with van der Waals surface area (Å²) in [5.41, 5.74) is 11.2. The summed E-state index contributed by atoms with van der Waals surface area (Å²) in [6, 6.07) is 37.2. The second-order valence-electron chi connectivity index (χ2n) is 10.2. The minimum Gasteiger partial charge on any atom is -0.375 e. The quantitative estimate of drug-likeness (QED) is 0.187. The van der Waals surface area contributed by atoms with Gasteiger partial charge in [-0.25, -0.2) is 4.98 Å². The third-order valence-corrected chi connectivity index (χ3v) is 8.02. The first-order valence-corrected chi connectivity index (χ1v) is 14.9. The molecule has 0 aliphatic heterocycles. The number of hydrogen-bond acceptors (Lipinski definition) is 5. The number of carbonyl (C=O) groups is 2. The Hall–Kier alpha value is -4.75. The van der Waals surface area contributed by atoms with Gasteiger partial charge in [-0.2, -0.15) is 0 Å². The van der Waals surface area contributed by atoms with E-state index in [4.69, 9.17) is 5.73 Å². The molecular weight excluding hydrogens is 540 g/mol. The van der Waals surface area contributed by atoms with Crippen molar-refractivity contribution in [1.29, 1.82) is 0 Å². The molecule has 0 fully saturated rings. The molecule has 6 nitrogen and oxygen atoms in total. The average molecular weight is 575 g/mol. The van der Waals surface area contributed by atoms with Crippen molar-refractivity contribution in [2.45, 2.75) is 25.9 Å². The summed E-state index contributed by atoms with van der Waals surface area (Å²) in [7, 11) is 0. The topological polar surface area (TPSA) is 79.5 Å². The van der Waals surface area contributed by atoms with Crippen molar-refractivity contribution >= 4 is 28.3 Å². The highest BCUT2D eigenvalue weighted by molar-refractivity contribution is 7.13. The molecule has 7 heteroatoms. The number of rotatable bonds is 11. The molecule has 2 amide bonds. The van der Waals surface area contributed by atoms with Crippen LogP contribution in [0.1, 0.15) is 40.0 Å². The number of aromatic nitrogens is 1. The number of thiazole rings is 1. The molecule has 212 valence electrons.